The summed E-state index contributed by atoms with van der Waals surface area (Å²) in [4.78, 5) is 15.3. The number of aromatic amines is 1. The zero-order valence-electron chi connectivity index (χ0n) is 13.5. The van der Waals surface area contributed by atoms with E-state index in [1.165, 1.54) is 18.2 Å². The lowest BCUT2D eigenvalue weighted by atomic mass is 10.2. The predicted molar refractivity (Wildman–Crippen MR) is 89.6 cm³/mol. The van der Waals surface area contributed by atoms with E-state index in [4.69, 9.17) is 0 Å². The summed E-state index contributed by atoms with van der Waals surface area (Å²) in [6.45, 7) is 3.70. The molecule has 1 saturated heterocycles. The molecule has 1 amide bonds. The van der Waals surface area contributed by atoms with Crippen LogP contribution in [-0.4, -0.2) is 51.6 Å². The Morgan fingerprint density at radius 1 is 1.21 bits per heavy atom. The minimum Gasteiger partial charge on any atom is -0.307 e. The maximum Gasteiger partial charge on any atom is 0.249 e. The summed E-state index contributed by atoms with van der Waals surface area (Å²) in [5.41, 5.74) is 0.818. The van der Waals surface area contributed by atoms with Gasteiger partial charge in [-0.15, -0.1) is 10.2 Å². The third-order valence-electron chi connectivity index (χ3n) is 4.11. The number of rotatable bonds is 5. The molecule has 2 heterocycles. The zero-order valence-corrected chi connectivity index (χ0v) is 14.3. The van der Waals surface area contributed by atoms with Gasteiger partial charge in [0.15, 0.2) is 10.6 Å². The van der Waals surface area contributed by atoms with Crippen molar-refractivity contribution >= 4 is 21.9 Å². The second-order valence-electron chi connectivity index (χ2n) is 6.11. The number of sulfonamides is 1. The van der Waals surface area contributed by atoms with Crippen molar-refractivity contribution in [1.82, 2.24) is 19.5 Å². The Morgan fingerprint density at radius 2 is 1.88 bits per heavy atom. The molecule has 2 aromatic rings. The summed E-state index contributed by atoms with van der Waals surface area (Å²) >= 11 is 0. The fourth-order valence-electron chi connectivity index (χ4n) is 2.27. The van der Waals surface area contributed by atoms with Crippen LogP contribution in [0, 0.1) is 0 Å². The van der Waals surface area contributed by atoms with Crippen molar-refractivity contribution in [1.29, 1.82) is 0 Å². The van der Waals surface area contributed by atoms with Crippen molar-refractivity contribution in [2.24, 2.45) is 0 Å². The Kier molecular flexibility index (Phi) is 4.14. The number of hydrogen-bond acceptors (Lipinski definition) is 5. The van der Waals surface area contributed by atoms with Gasteiger partial charge < -0.3 is 4.98 Å². The van der Waals surface area contributed by atoms with Gasteiger partial charge in [0, 0.05) is 18.7 Å². The SMILES string of the molecule is CC(C)(C(=O)Nc1nnc(-c2ccccc2)[nH]1)S(=O)(=O)N1CCC1. The van der Waals surface area contributed by atoms with E-state index in [0.29, 0.717) is 18.9 Å². The average molecular weight is 349 g/mol. The van der Waals surface area contributed by atoms with Gasteiger partial charge in [0.1, 0.15) is 0 Å². The molecular weight excluding hydrogens is 330 g/mol. The molecule has 8 nitrogen and oxygen atoms in total. The number of carbonyl (C=O) groups excluding carboxylic acids is 1. The lowest BCUT2D eigenvalue weighted by Crippen LogP contribution is -2.55. The highest BCUT2D eigenvalue weighted by molar-refractivity contribution is 7.91. The third kappa shape index (κ3) is 2.80. The van der Waals surface area contributed by atoms with Crippen LogP contribution < -0.4 is 5.32 Å². The number of nitrogens with one attached hydrogen (secondary N) is 2. The molecule has 1 aliphatic rings. The highest BCUT2D eigenvalue weighted by Crippen LogP contribution is 2.26. The summed E-state index contributed by atoms with van der Waals surface area (Å²) < 4.78 is 24.8. The van der Waals surface area contributed by atoms with Crippen LogP contribution in [0.3, 0.4) is 0 Å². The van der Waals surface area contributed by atoms with Crippen LogP contribution in [0.1, 0.15) is 20.3 Å². The molecule has 128 valence electrons. The van der Waals surface area contributed by atoms with Gasteiger partial charge in [-0.25, -0.2) is 12.7 Å². The Labute approximate surface area is 140 Å². The first-order valence-electron chi connectivity index (χ1n) is 7.61. The molecule has 3 rings (SSSR count). The van der Waals surface area contributed by atoms with Gasteiger partial charge in [0.25, 0.3) is 0 Å². The van der Waals surface area contributed by atoms with E-state index in [2.05, 4.69) is 20.5 Å². The van der Waals surface area contributed by atoms with Crippen LogP contribution >= 0.6 is 0 Å². The standard InChI is InChI=1S/C15H19N5O3S/c1-15(2,24(22,23)20-9-6-10-20)13(21)17-14-16-12(18-19-14)11-7-4-3-5-8-11/h3-5,7-8H,6,9-10H2,1-2H3,(H2,16,17,18,19,21). The molecule has 0 radical (unpaired) electrons. The maximum absolute atomic E-state index is 12.5. The van der Waals surface area contributed by atoms with E-state index in [0.717, 1.165) is 12.0 Å². The molecule has 1 aromatic heterocycles. The molecular formula is C15H19N5O3S. The van der Waals surface area contributed by atoms with Gasteiger partial charge in [-0.05, 0) is 20.3 Å². The molecule has 1 aromatic carbocycles. The third-order valence-corrected chi connectivity index (χ3v) is 6.63. The fourth-order valence-corrected chi connectivity index (χ4v) is 3.94. The van der Waals surface area contributed by atoms with E-state index in [9.17, 15) is 13.2 Å². The van der Waals surface area contributed by atoms with Crippen molar-refractivity contribution in [3.63, 3.8) is 0 Å². The minimum absolute atomic E-state index is 0.116. The summed E-state index contributed by atoms with van der Waals surface area (Å²) in [5, 5.41) is 10.3. The topological polar surface area (TPSA) is 108 Å². The quantitative estimate of drug-likeness (QED) is 0.844. The lowest BCUT2D eigenvalue weighted by Gasteiger charge is -2.36. The molecule has 0 atom stereocenters. The Morgan fingerprint density at radius 3 is 2.46 bits per heavy atom. The number of aromatic nitrogens is 3. The molecule has 1 aliphatic heterocycles. The molecule has 0 bridgehead atoms. The van der Waals surface area contributed by atoms with Gasteiger partial charge >= 0.3 is 0 Å². The largest absolute Gasteiger partial charge is 0.307 e. The Balaban J connectivity index is 1.76. The van der Waals surface area contributed by atoms with E-state index < -0.39 is 20.7 Å². The normalized spacial score (nSPS) is 15.8. The van der Waals surface area contributed by atoms with E-state index in [-0.39, 0.29) is 5.95 Å². The molecule has 1 fully saturated rings. The van der Waals surface area contributed by atoms with Gasteiger partial charge in [-0.3, -0.25) is 10.1 Å². The molecule has 2 N–H and O–H groups in total. The first kappa shape index (κ1) is 16.6. The lowest BCUT2D eigenvalue weighted by molar-refractivity contribution is -0.118. The first-order valence-corrected chi connectivity index (χ1v) is 9.05. The highest BCUT2D eigenvalue weighted by Gasteiger charge is 2.47. The highest BCUT2D eigenvalue weighted by atomic mass is 32.2. The van der Waals surface area contributed by atoms with Crippen molar-refractivity contribution in [3.8, 4) is 11.4 Å². The van der Waals surface area contributed by atoms with E-state index in [1.807, 2.05) is 30.3 Å². The van der Waals surface area contributed by atoms with Crippen LogP contribution in [0.2, 0.25) is 0 Å². The van der Waals surface area contributed by atoms with Crippen molar-refractivity contribution in [3.05, 3.63) is 30.3 Å². The second-order valence-corrected chi connectivity index (χ2v) is 8.60. The Bertz CT molecular complexity index is 841. The smallest absolute Gasteiger partial charge is 0.249 e. The first-order chi connectivity index (χ1) is 11.3. The zero-order chi connectivity index (χ0) is 17.4. The fraction of sp³-hybridized carbons (Fsp3) is 0.400. The number of carbonyl (C=O) groups is 1. The van der Waals surface area contributed by atoms with Gasteiger partial charge in [0.2, 0.25) is 21.9 Å². The maximum atomic E-state index is 12.5. The predicted octanol–water partition coefficient (Wildman–Crippen LogP) is 1.22. The minimum atomic E-state index is -3.71. The van der Waals surface area contributed by atoms with Crippen LogP contribution in [0.25, 0.3) is 11.4 Å². The summed E-state index contributed by atoms with van der Waals surface area (Å²) in [6, 6.07) is 9.30. The molecule has 0 spiro atoms. The van der Waals surface area contributed by atoms with Crippen molar-refractivity contribution in [2.45, 2.75) is 25.0 Å². The van der Waals surface area contributed by atoms with E-state index in [1.54, 1.807) is 0 Å². The van der Waals surface area contributed by atoms with Gasteiger partial charge in [-0.2, -0.15) is 0 Å². The Hall–Kier alpha value is -2.26. The molecule has 0 saturated carbocycles. The van der Waals surface area contributed by atoms with Crippen molar-refractivity contribution in [2.75, 3.05) is 18.4 Å². The van der Waals surface area contributed by atoms with Crippen LogP contribution in [0.5, 0.6) is 0 Å². The second kappa shape index (κ2) is 5.99. The summed E-state index contributed by atoms with van der Waals surface area (Å²) in [6.07, 6.45) is 0.819. The number of amides is 1. The number of benzene rings is 1. The van der Waals surface area contributed by atoms with E-state index >= 15 is 0 Å². The molecule has 0 unspecified atom stereocenters. The summed E-state index contributed by atoms with van der Waals surface area (Å²) in [7, 11) is -3.71. The molecule has 24 heavy (non-hydrogen) atoms. The number of anilines is 1. The summed E-state index contributed by atoms with van der Waals surface area (Å²) in [5.74, 6) is -0.0368. The van der Waals surface area contributed by atoms with Gasteiger partial charge in [-0.1, -0.05) is 30.3 Å². The number of hydrogen-bond donors (Lipinski definition) is 2. The average Bonchev–Trinajstić information content (AvgIpc) is 2.94. The van der Waals surface area contributed by atoms with Gasteiger partial charge in [0.05, 0.1) is 0 Å². The number of nitrogens with zero attached hydrogens (tertiary/aromatic N) is 3. The molecule has 9 heteroatoms. The van der Waals surface area contributed by atoms with Crippen LogP contribution in [0.15, 0.2) is 30.3 Å². The van der Waals surface area contributed by atoms with Crippen LogP contribution in [0.4, 0.5) is 5.95 Å². The monoisotopic (exact) mass is 349 g/mol. The molecule has 0 aliphatic carbocycles. The van der Waals surface area contributed by atoms with Crippen molar-refractivity contribution < 1.29 is 13.2 Å². The number of H-pyrrole nitrogens is 1. The van der Waals surface area contributed by atoms with Crippen LogP contribution in [-0.2, 0) is 14.8 Å².